The Balaban J connectivity index is 2.20. The van der Waals surface area contributed by atoms with Crippen LogP contribution in [-0.2, 0) is 0 Å². The Kier molecular flexibility index (Phi) is 11.3. The van der Waals surface area contributed by atoms with Gasteiger partial charge in [0.15, 0.2) is 0 Å². The highest BCUT2D eigenvalue weighted by molar-refractivity contribution is 4.81. The van der Waals surface area contributed by atoms with Crippen LogP contribution in [0.1, 0.15) is 104 Å². The van der Waals surface area contributed by atoms with Gasteiger partial charge in [-0.25, -0.2) is 0 Å². The summed E-state index contributed by atoms with van der Waals surface area (Å²) in [6.07, 6.45) is 18.8. The van der Waals surface area contributed by atoms with Gasteiger partial charge in [-0.2, -0.15) is 0 Å². The minimum Gasteiger partial charge on any atom is -0.314 e. The lowest BCUT2D eigenvalue weighted by Gasteiger charge is -2.34. The zero-order valence-electron chi connectivity index (χ0n) is 15.1. The van der Waals surface area contributed by atoms with Gasteiger partial charge in [0.1, 0.15) is 0 Å². The summed E-state index contributed by atoms with van der Waals surface area (Å²) in [4.78, 5) is 0. The molecule has 0 aliphatic heterocycles. The van der Waals surface area contributed by atoms with E-state index < -0.39 is 0 Å². The van der Waals surface area contributed by atoms with Gasteiger partial charge in [-0.3, -0.25) is 0 Å². The van der Waals surface area contributed by atoms with Crippen LogP contribution in [0.25, 0.3) is 0 Å². The second-order valence-electron chi connectivity index (χ2n) is 7.29. The maximum absolute atomic E-state index is 3.80. The molecule has 0 amide bonds. The lowest BCUT2D eigenvalue weighted by Crippen LogP contribution is -2.38. The second kappa shape index (κ2) is 12.5. The number of nitrogens with one attached hydrogen (secondary N) is 1. The molecular formula is C20H41N. The third-order valence-electron chi connectivity index (χ3n) is 5.49. The van der Waals surface area contributed by atoms with Crippen LogP contribution in [0, 0.1) is 11.8 Å². The van der Waals surface area contributed by atoms with Gasteiger partial charge in [0.05, 0.1) is 0 Å². The van der Waals surface area contributed by atoms with E-state index >= 15 is 0 Å². The van der Waals surface area contributed by atoms with E-state index in [0.29, 0.717) is 0 Å². The molecule has 1 aliphatic rings. The molecule has 1 nitrogen and oxygen atoms in total. The Morgan fingerprint density at radius 2 is 1.48 bits per heavy atom. The highest BCUT2D eigenvalue weighted by Crippen LogP contribution is 2.34. The molecule has 1 N–H and O–H groups in total. The summed E-state index contributed by atoms with van der Waals surface area (Å²) in [5, 5.41) is 3.80. The van der Waals surface area contributed by atoms with Crippen molar-refractivity contribution in [3.8, 4) is 0 Å². The summed E-state index contributed by atoms with van der Waals surface area (Å²) >= 11 is 0. The van der Waals surface area contributed by atoms with Crippen molar-refractivity contribution in [3.63, 3.8) is 0 Å². The molecule has 1 saturated carbocycles. The highest BCUT2D eigenvalue weighted by atomic mass is 14.9. The molecule has 0 spiro atoms. The average molecular weight is 296 g/mol. The van der Waals surface area contributed by atoms with Crippen molar-refractivity contribution in [2.24, 2.45) is 11.8 Å². The first-order chi connectivity index (χ1) is 10.3. The maximum atomic E-state index is 3.80. The number of rotatable bonds is 12. The number of hydrogen-bond donors (Lipinski definition) is 1. The zero-order valence-corrected chi connectivity index (χ0v) is 15.1. The Morgan fingerprint density at radius 1 is 0.810 bits per heavy atom. The van der Waals surface area contributed by atoms with Crippen molar-refractivity contribution in [2.75, 3.05) is 6.54 Å². The van der Waals surface area contributed by atoms with E-state index in [2.05, 4.69) is 26.1 Å². The van der Waals surface area contributed by atoms with Crippen LogP contribution in [0.2, 0.25) is 0 Å². The first-order valence-electron chi connectivity index (χ1n) is 10.0. The molecule has 1 aliphatic carbocycles. The van der Waals surface area contributed by atoms with E-state index in [4.69, 9.17) is 0 Å². The van der Waals surface area contributed by atoms with E-state index in [1.807, 2.05) is 0 Å². The van der Waals surface area contributed by atoms with Gasteiger partial charge in [-0.1, -0.05) is 85.0 Å². The summed E-state index contributed by atoms with van der Waals surface area (Å²) in [5.41, 5.74) is 0. The predicted molar refractivity (Wildman–Crippen MR) is 95.8 cm³/mol. The van der Waals surface area contributed by atoms with Gasteiger partial charge in [-0.05, 0) is 37.6 Å². The van der Waals surface area contributed by atoms with Crippen LogP contribution >= 0.6 is 0 Å². The van der Waals surface area contributed by atoms with E-state index in [-0.39, 0.29) is 0 Å². The van der Waals surface area contributed by atoms with Crippen molar-refractivity contribution in [3.05, 3.63) is 0 Å². The summed E-state index contributed by atoms with van der Waals surface area (Å²) in [6.45, 7) is 8.06. The standard InChI is InChI=1S/C20H41N/c1-4-7-8-9-10-11-13-20(21-6-3)19-16-14-18(12-5-2)15-17-19/h18-21H,4-17H2,1-3H3. The molecule has 1 fully saturated rings. The van der Waals surface area contributed by atoms with Crippen LogP contribution in [-0.4, -0.2) is 12.6 Å². The first kappa shape index (κ1) is 19.0. The van der Waals surface area contributed by atoms with Crippen molar-refractivity contribution in [2.45, 2.75) is 110 Å². The van der Waals surface area contributed by atoms with Gasteiger partial charge >= 0.3 is 0 Å². The first-order valence-corrected chi connectivity index (χ1v) is 10.0. The molecular weight excluding hydrogens is 254 g/mol. The fourth-order valence-electron chi connectivity index (χ4n) is 4.20. The van der Waals surface area contributed by atoms with Crippen LogP contribution in [0.4, 0.5) is 0 Å². The minimum atomic E-state index is 0.809. The topological polar surface area (TPSA) is 12.0 Å². The second-order valence-corrected chi connectivity index (χ2v) is 7.29. The Hall–Kier alpha value is -0.0400. The molecule has 0 bridgehead atoms. The van der Waals surface area contributed by atoms with E-state index in [0.717, 1.165) is 24.4 Å². The zero-order chi connectivity index (χ0) is 15.3. The SMILES string of the molecule is CCCCCCCCC(NCC)C1CCC(CCC)CC1. The summed E-state index contributed by atoms with van der Waals surface area (Å²) in [7, 11) is 0. The van der Waals surface area contributed by atoms with E-state index in [9.17, 15) is 0 Å². The van der Waals surface area contributed by atoms with Crippen molar-refractivity contribution >= 4 is 0 Å². The lowest BCUT2D eigenvalue weighted by atomic mass is 9.76. The summed E-state index contributed by atoms with van der Waals surface area (Å²) in [5.74, 6) is 2.01. The van der Waals surface area contributed by atoms with E-state index in [1.165, 1.54) is 83.5 Å². The lowest BCUT2D eigenvalue weighted by molar-refractivity contribution is 0.206. The smallest absolute Gasteiger partial charge is 0.00952 e. The van der Waals surface area contributed by atoms with Crippen LogP contribution in [0.3, 0.4) is 0 Å². The molecule has 0 heterocycles. The minimum absolute atomic E-state index is 0.809. The largest absolute Gasteiger partial charge is 0.314 e. The Bertz CT molecular complexity index is 218. The third-order valence-corrected chi connectivity index (χ3v) is 5.49. The predicted octanol–water partition coefficient (Wildman–Crippen LogP) is 6.32. The van der Waals surface area contributed by atoms with Gasteiger partial charge in [0.2, 0.25) is 0 Å². The van der Waals surface area contributed by atoms with E-state index in [1.54, 1.807) is 0 Å². The maximum Gasteiger partial charge on any atom is 0.00952 e. The number of hydrogen-bond acceptors (Lipinski definition) is 1. The normalized spacial score (nSPS) is 24.1. The van der Waals surface area contributed by atoms with Crippen molar-refractivity contribution in [1.29, 1.82) is 0 Å². The molecule has 0 radical (unpaired) electrons. The van der Waals surface area contributed by atoms with Gasteiger partial charge in [0.25, 0.3) is 0 Å². The average Bonchev–Trinajstić information content (AvgIpc) is 2.51. The molecule has 1 unspecified atom stereocenters. The molecule has 126 valence electrons. The Morgan fingerprint density at radius 3 is 2.10 bits per heavy atom. The molecule has 0 aromatic rings. The molecule has 1 heteroatoms. The molecule has 0 aromatic carbocycles. The van der Waals surface area contributed by atoms with Crippen LogP contribution < -0.4 is 5.32 Å². The fraction of sp³-hybridized carbons (Fsp3) is 1.00. The third kappa shape index (κ3) is 8.24. The summed E-state index contributed by atoms with van der Waals surface area (Å²) in [6, 6.07) is 0.809. The summed E-state index contributed by atoms with van der Waals surface area (Å²) < 4.78 is 0. The highest BCUT2D eigenvalue weighted by Gasteiger charge is 2.26. The quantitative estimate of drug-likeness (QED) is 0.415. The van der Waals surface area contributed by atoms with Gasteiger partial charge in [0, 0.05) is 6.04 Å². The monoisotopic (exact) mass is 295 g/mol. The van der Waals surface area contributed by atoms with Crippen molar-refractivity contribution < 1.29 is 0 Å². The van der Waals surface area contributed by atoms with Gasteiger partial charge < -0.3 is 5.32 Å². The van der Waals surface area contributed by atoms with Crippen LogP contribution in [0.5, 0.6) is 0 Å². The van der Waals surface area contributed by atoms with Crippen molar-refractivity contribution in [1.82, 2.24) is 5.32 Å². The van der Waals surface area contributed by atoms with Crippen LogP contribution in [0.15, 0.2) is 0 Å². The fourth-order valence-corrected chi connectivity index (χ4v) is 4.20. The molecule has 21 heavy (non-hydrogen) atoms. The molecule has 1 rings (SSSR count). The number of unbranched alkanes of at least 4 members (excludes halogenated alkanes) is 5. The molecule has 0 saturated heterocycles. The molecule has 0 aromatic heterocycles. The van der Waals surface area contributed by atoms with Gasteiger partial charge in [-0.15, -0.1) is 0 Å². The molecule has 1 atom stereocenters. The Labute approximate surface area is 134 Å².